The molecule has 0 aromatic rings. The van der Waals surface area contributed by atoms with Gasteiger partial charge >= 0.3 is 5.97 Å². The predicted molar refractivity (Wildman–Crippen MR) is 86.1 cm³/mol. The highest BCUT2D eigenvalue weighted by atomic mass is 16.7. The largest absolute Gasteiger partial charge is 0.454 e. The van der Waals surface area contributed by atoms with Crippen LogP contribution in [-0.4, -0.2) is 53.0 Å². The molecule has 0 unspecified atom stereocenters. The molecule has 6 nitrogen and oxygen atoms in total. The second kappa shape index (κ2) is 3.69. The molecule has 4 heterocycles. The van der Waals surface area contributed by atoms with Gasteiger partial charge in [0.1, 0.15) is 23.4 Å². The third-order valence-electron chi connectivity index (χ3n) is 8.58. The fourth-order valence-corrected chi connectivity index (χ4v) is 7.44. The first kappa shape index (κ1) is 14.8. The van der Waals surface area contributed by atoms with Gasteiger partial charge in [0, 0.05) is 23.3 Å². The maximum Gasteiger partial charge on any atom is 0.334 e. The molecule has 6 fully saturated rings. The van der Waals surface area contributed by atoms with Crippen LogP contribution in [0.4, 0.5) is 0 Å². The van der Waals surface area contributed by atoms with Gasteiger partial charge in [-0.15, -0.1) is 0 Å². The molecule has 3 saturated heterocycles. The quantitative estimate of drug-likeness (QED) is 0.480. The van der Waals surface area contributed by atoms with E-state index in [0.717, 1.165) is 24.8 Å². The van der Waals surface area contributed by atoms with Gasteiger partial charge in [0.2, 0.25) is 0 Å². The molecule has 0 bridgehead atoms. The van der Waals surface area contributed by atoms with E-state index in [-0.39, 0.29) is 47.3 Å². The highest BCUT2D eigenvalue weighted by Gasteiger charge is 2.98. The summed E-state index contributed by atoms with van der Waals surface area (Å²) >= 11 is 0. The number of hydrogen-bond donors (Lipinski definition) is 0. The Bertz CT molecular complexity index is 856. The van der Waals surface area contributed by atoms with Gasteiger partial charge in [-0.2, -0.15) is 0 Å². The van der Waals surface area contributed by atoms with Crippen molar-refractivity contribution in [1.82, 2.24) is 0 Å². The van der Waals surface area contributed by atoms with Crippen LogP contribution in [0, 0.1) is 17.8 Å². The van der Waals surface area contributed by atoms with Crippen LogP contribution in [0.25, 0.3) is 0 Å². The number of Topliss-reactive ketones (excluding diaryl/α,β-unsaturated/α-hetero) is 1. The lowest BCUT2D eigenvalue weighted by atomic mass is 9.57. The molecule has 7 rings (SSSR count). The molecule has 0 radical (unpaired) electrons. The van der Waals surface area contributed by atoms with Gasteiger partial charge in [-0.3, -0.25) is 4.79 Å². The lowest BCUT2D eigenvalue weighted by Gasteiger charge is -2.40. The summed E-state index contributed by atoms with van der Waals surface area (Å²) in [6, 6.07) is 0. The van der Waals surface area contributed by atoms with Crippen LogP contribution in [-0.2, 0) is 28.5 Å². The summed E-state index contributed by atoms with van der Waals surface area (Å²) < 4.78 is 24.5. The van der Waals surface area contributed by atoms with Crippen molar-refractivity contribution in [3.8, 4) is 0 Å². The Labute approximate surface area is 151 Å². The van der Waals surface area contributed by atoms with Crippen molar-refractivity contribution in [2.45, 2.75) is 74.6 Å². The van der Waals surface area contributed by atoms with E-state index in [1.54, 1.807) is 0 Å². The average Bonchev–Trinajstić information content (AvgIpc) is 3.49. The van der Waals surface area contributed by atoms with Crippen molar-refractivity contribution in [2.24, 2.45) is 17.8 Å². The molecule has 9 atom stereocenters. The second-order valence-electron chi connectivity index (χ2n) is 9.70. The van der Waals surface area contributed by atoms with E-state index >= 15 is 0 Å². The zero-order valence-corrected chi connectivity index (χ0v) is 15.2. The maximum absolute atomic E-state index is 13.3. The summed E-state index contributed by atoms with van der Waals surface area (Å²) in [4.78, 5) is 25.6. The van der Waals surface area contributed by atoms with Crippen LogP contribution in [0.2, 0.25) is 0 Å². The normalized spacial score (nSPS) is 63.4. The summed E-state index contributed by atoms with van der Waals surface area (Å²) in [5.41, 5.74) is -0.264. The minimum atomic E-state index is -0.790. The minimum absolute atomic E-state index is 0.0117. The molecule has 1 spiro atoms. The lowest BCUT2D eigenvalue weighted by Crippen LogP contribution is -2.57. The first-order valence-corrected chi connectivity index (χ1v) is 9.79. The molecule has 4 aliphatic heterocycles. The van der Waals surface area contributed by atoms with E-state index in [0.29, 0.717) is 12.2 Å². The number of hydrogen-bond acceptors (Lipinski definition) is 6. The summed E-state index contributed by atoms with van der Waals surface area (Å²) in [5, 5.41) is 0. The number of rotatable bonds is 0. The summed E-state index contributed by atoms with van der Waals surface area (Å²) in [5.74, 6) is -0.168. The van der Waals surface area contributed by atoms with E-state index in [1.165, 1.54) is 0 Å². The van der Waals surface area contributed by atoms with Crippen molar-refractivity contribution >= 4 is 11.8 Å². The number of esters is 1. The number of carbonyl (C=O) groups excluding carboxylic acids is 2. The Morgan fingerprint density at radius 3 is 2.73 bits per heavy atom. The predicted octanol–water partition coefficient (Wildman–Crippen LogP) is 1.31. The number of ketones is 1. The molecule has 138 valence electrons. The standard InChI is InChI=1S/C20H22O6/c1-8-6-19-16-17(3,25-16)12-11-9(2)15(22)24-10(11)4-5-18(7-23-18)13(12)20(19,26-19)14(8)21/h8,10,12-13,16H,4-7H2,1-3H3/t8-,10+,12-,13+,16+,17+,18+,19+,20+/m1/s1. The number of fused-ring (bicyclic) bond motifs is 6. The van der Waals surface area contributed by atoms with Gasteiger partial charge in [-0.1, -0.05) is 6.92 Å². The first-order chi connectivity index (χ1) is 12.3. The molecule has 3 aliphatic carbocycles. The molecule has 7 aliphatic rings. The van der Waals surface area contributed by atoms with Gasteiger partial charge in [-0.05, 0) is 38.7 Å². The molecule has 0 aromatic heterocycles. The number of carbonyl (C=O) groups is 2. The fourth-order valence-electron chi connectivity index (χ4n) is 7.44. The average molecular weight is 358 g/mol. The van der Waals surface area contributed by atoms with Crippen molar-refractivity contribution in [3.63, 3.8) is 0 Å². The monoisotopic (exact) mass is 358 g/mol. The molecule has 6 heteroatoms. The van der Waals surface area contributed by atoms with Crippen LogP contribution < -0.4 is 0 Å². The van der Waals surface area contributed by atoms with Crippen LogP contribution in [0.15, 0.2) is 11.1 Å². The fraction of sp³-hybridized carbons (Fsp3) is 0.800. The minimum Gasteiger partial charge on any atom is -0.454 e. The van der Waals surface area contributed by atoms with Gasteiger partial charge in [0.05, 0.1) is 12.2 Å². The lowest BCUT2D eigenvalue weighted by molar-refractivity contribution is -0.140. The summed E-state index contributed by atoms with van der Waals surface area (Å²) in [6.45, 7) is 6.65. The van der Waals surface area contributed by atoms with E-state index in [9.17, 15) is 9.59 Å². The van der Waals surface area contributed by atoms with Crippen molar-refractivity contribution in [3.05, 3.63) is 11.1 Å². The Morgan fingerprint density at radius 2 is 2.00 bits per heavy atom. The topological polar surface area (TPSA) is 81.0 Å². The highest BCUT2D eigenvalue weighted by Crippen LogP contribution is 2.81. The van der Waals surface area contributed by atoms with E-state index in [2.05, 4.69) is 6.92 Å². The van der Waals surface area contributed by atoms with Gasteiger partial charge in [0.25, 0.3) is 0 Å². The Hall–Kier alpha value is -1.24. The molecule has 26 heavy (non-hydrogen) atoms. The molecule has 0 amide bonds. The van der Waals surface area contributed by atoms with Crippen molar-refractivity contribution < 1.29 is 28.5 Å². The molecule has 3 saturated carbocycles. The van der Waals surface area contributed by atoms with Gasteiger partial charge in [0.15, 0.2) is 11.4 Å². The SMILES string of the molecule is CC1=C2[C@H](CC[C@]3(CO3)[C@@H]3[C@@H]2[C@]2(C)O[C@@H]2[C@@]24C[C@@H](C)C(=O)[C@@]32O4)OC1=O. The van der Waals surface area contributed by atoms with Gasteiger partial charge < -0.3 is 18.9 Å². The molecular weight excluding hydrogens is 336 g/mol. The molecule has 0 N–H and O–H groups in total. The number of epoxide rings is 3. The number of ether oxygens (including phenoxy) is 4. The van der Waals surface area contributed by atoms with Crippen LogP contribution in [0.3, 0.4) is 0 Å². The molecule has 0 aromatic carbocycles. The van der Waals surface area contributed by atoms with Crippen molar-refractivity contribution in [1.29, 1.82) is 0 Å². The Kier molecular flexibility index (Phi) is 2.10. The van der Waals surface area contributed by atoms with Crippen molar-refractivity contribution in [2.75, 3.05) is 6.61 Å². The van der Waals surface area contributed by atoms with Crippen LogP contribution in [0.5, 0.6) is 0 Å². The third kappa shape index (κ3) is 1.20. The smallest absolute Gasteiger partial charge is 0.334 e. The zero-order chi connectivity index (χ0) is 17.9. The van der Waals surface area contributed by atoms with E-state index in [4.69, 9.17) is 18.9 Å². The van der Waals surface area contributed by atoms with E-state index < -0.39 is 16.8 Å². The Morgan fingerprint density at radius 1 is 1.23 bits per heavy atom. The maximum atomic E-state index is 13.3. The van der Waals surface area contributed by atoms with Gasteiger partial charge in [-0.25, -0.2) is 4.79 Å². The van der Waals surface area contributed by atoms with Crippen LogP contribution >= 0.6 is 0 Å². The van der Waals surface area contributed by atoms with E-state index in [1.807, 2.05) is 13.8 Å². The zero-order valence-electron chi connectivity index (χ0n) is 15.2. The second-order valence-corrected chi connectivity index (χ2v) is 9.70. The third-order valence-corrected chi connectivity index (χ3v) is 8.58. The summed E-state index contributed by atoms with van der Waals surface area (Å²) in [6.07, 6.45) is 2.00. The first-order valence-electron chi connectivity index (χ1n) is 9.79. The summed E-state index contributed by atoms with van der Waals surface area (Å²) in [7, 11) is 0. The Balaban J connectivity index is 1.50. The highest BCUT2D eigenvalue weighted by molar-refractivity contribution is 5.99. The molecular formula is C20H22O6. The van der Waals surface area contributed by atoms with Crippen LogP contribution in [0.1, 0.15) is 40.0 Å².